The molecule has 21 heavy (non-hydrogen) atoms. The monoisotopic (exact) mass is 365 g/mol. The largest absolute Gasteiger partial charge is 0.375 e. The van der Waals surface area contributed by atoms with E-state index in [1.54, 1.807) is 32.0 Å². The fourth-order valence-corrected chi connectivity index (χ4v) is 4.97. The molecule has 0 fully saturated rings. The first-order chi connectivity index (χ1) is 9.70. The van der Waals surface area contributed by atoms with Gasteiger partial charge in [-0.3, -0.25) is 0 Å². The lowest BCUT2D eigenvalue weighted by atomic mass is 10.1. The minimum Gasteiger partial charge on any atom is -0.375 e. The Kier molecular flexibility index (Phi) is 4.79. The van der Waals surface area contributed by atoms with Gasteiger partial charge in [0.25, 0.3) is 10.0 Å². The van der Waals surface area contributed by atoms with Gasteiger partial charge in [-0.05, 0) is 31.5 Å². The van der Waals surface area contributed by atoms with Gasteiger partial charge in [0.2, 0.25) is 0 Å². The van der Waals surface area contributed by atoms with Gasteiger partial charge in [0, 0.05) is 16.1 Å². The molecule has 3 N–H and O–H groups in total. The number of nitrogen functional groups attached to an aromatic ring is 1. The summed E-state index contributed by atoms with van der Waals surface area (Å²) < 4.78 is 27.4. The maximum atomic E-state index is 12.4. The zero-order valence-electron chi connectivity index (χ0n) is 11.2. The third-order valence-corrected chi connectivity index (χ3v) is 6.47. The van der Waals surface area contributed by atoms with Crippen LogP contribution < -0.4 is 10.5 Å². The van der Waals surface area contributed by atoms with Crippen LogP contribution in [0.1, 0.15) is 24.2 Å². The van der Waals surface area contributed by atoms with Gasteiger partial charge in [-0.15, -0.1) is 0 Å². The number of hydrogen-bond acceptors (Lipinski definition) is 5. The van der Waals surface area contributed by atoms with Crippen molar-refractivity contribution in [2.24, 2.45) is 0 Å². The summed E-state index contributed by atoms with van der Waals surface area (Å²) in [6.45, 7) is 3.30. The fourth-order valence-electron chi connectivity index (χ4n) is 1.85. The molecule has 0 saturated heterocycles. The number of nitrogens with zero attached hydrogens (tertiary/aromatic N) is 1. The zero-order valence-corrected chi connectivity index (χ0v) is 14.4. The lowest BCUT2D eigenvalue weighted by Gasteiger charge is -2.15. The summed E-state index contributed by atoms with van der Waals surface area (Å²) in [5.41, 5.74) is 6.55. The van der Waals surface area contributed by atoms with Crippen molar-refractivity contribution in [2.75, 3.05) is 5.73 Å². The van der Waals surface area contributed by atoms with Gasteiger partial charge in [-0.2, -0.15) is 0 Å². The van der Waals surface area contributed by atoms with Crippen molar-refractivity contribution < 1.29 is 8.42 Å². The van der Waals surface area contributed by atoms with Crippen LogP contribution in [0.3, 0.4) is 0 Å². The van der Waals surface area contributed by atoms with Gasteiger partial charge in [0.1, 0.15) is 0 Å². The van der Waals surface area contributed by atoms with Crippen LogP contribution >= 0.6 is 34.5 Å². The predicted molar refractivity (Wildman–Crippen MR) is 86.5 cm³/mol. The standard InChI is InChI=1S/C12H13Cl2N3O2S2/c1-6(9-4-3-8(13)5-10(9)14)17-21(18,19)11-7(2)16-12(15)20-11/h3-6,17H,1-2H3,(H2,15,16). The van der Waals surface area contributed by atoms with E-state index in [1.165, 1.54) is 0 Å². The molecule has 2 rings (SSSR count). The molecule has 114 valence electrons. The van der Waals surface area contributed by atoms with Gasteiger partial charge < -0.3 is 5.73 Å². The molecule has 9 heteroatoms. The molecule has 0 bridgehead atoms. The van der Waals surface area contributed by atoms with Crippen LogP contribution in [0, 0.1) is 6.92 Å². The summed E-state index contributed by atoms with van der Waals surface area (Å²) in [4.78, 5) is 3.92. The predicted octanol–water partition coefficient (Wildman–Crippen LogP) is 3.38. The molecule has 0 spiro atoms. The van der Waals surface area contributed by atoms with Crippen molar-refractivity contribution in [3.05, 3.63) is 39.5 Å². The molecule has 1 aromatic carbocycles. The molecule has 1 heterocycles. The zero-order chi connectivity index (χ0) is 15.8. The molecular weight excluding hydrogens is 353 g/mol. The quantitative estimate of drug-likeness (QED) is 0.869. The molecule has 0 saturated carbocycles. The summed E-state index contributed by atoms with van der Waals surface area (Å²) in [6, 6.07) is 4.40. The van der Waals surface area contributed by atoms with Crippen molar-refractivity contribution in [1.82, 2.24) is 9.71 Å². The summed E-state index contributed by atoms with van der Waals surface area (Å²) >= 11 is 12.8. The summed E-state index contributed by atoms with van der Waals surface area (Å²) in [5, 5.41) is 1.10. The number of aromatic nitrogens is 1. The maximum absolute atomic E-state index is 12.4. The van der Waals surface area contributed by atoms with Crippen LogP contribution in [0.15, 0.2) is 22.4 Å². The lowest BCUT2D eigenvalue weighted by molar-refractivity contribution is 0.568. The average Bonchev–Trinajstić information content (AvgIpc) is 2.68. The molecule has 1 atom stereocenters. The number of sulfonamides is 1. The van der Waals surface area contributed by atoms with Gasteiger partial charge in [-0.1, -0.05) is 40.6 Å². The molecule has 1 unspecified atom stereocenters. The van der Waals surface area contributed by atoms with E-state index < -0.39 is 16.1 Å². The fraction of sp³-hybridized carbons (Fsp3) is 0.250. The lowest BCUT2D eigenvalue weighted by Crippen LogP contribution is -2.27. The second-order valence-corrected chi connectivity index (χ2v) is 8.22. The number of aryl methyl sites for hydroxylation is 1. The Morgan fingerprint density at radius 3 is 2.57 bits per heavy atom. The topological polar surface area (TPSA) is 85.1 Å². The normalized spacial score (nSPS) is 13.3. The van der Waals surface area contributed by atoms with E-state index >= 15 is 0 Å². The first-order valence-corrected chi connectivity index (χ1v) is 8.96. The van der Waals surface area contributed by atoms with Crippen LogP contribution in [0.5, 0.6) is 0 Å². The Labute approximate surface area is 137 Å². The summed E-state index contributed by atoms with van der Waals surface area (Å²) in [6.07, 6.45) is 0. The Morgan fingerprint density at radius 1 is 1.38 bits per heavy atom. The van der Waals surface area contributed by atoms with E-state index in [-0.39, 0.29) is 9.34 Å². The summed E-state index contributed by atoms with van der Waals surface area (Å²) in [5.74, 6) is 0. The highest BCUT2D eigenvalue weighted by Gasteiger charge is 2.24. The van der Waals surface area contributed by atoms with Gasteiger partial charge >= 0.3 is 0 Å². The number of halogens is 2. The molecule has 1 aromatic heterocycles. The van der Waals surface area contributed by atoms with E-state index in [9.17, 15) is 8.42 Å². The van der Waals surface area contributed by atoms with Crippen molar-refractivity contribution in [3.8, 4) is 0 Å². The molecule has 0 radical (unpaired) electrons. The third kappa shape index (κ3) is 3.67. The number of nitrogens with two attached hydrogens (primary N) is 1. The first kappa shape index (κ1) is 16.5. The van der Waals surface area contributed by atoms with Crippen LogP contribution in [-0.4, -0.2) is 13.4 Å². The second-order valence-electron chi connectivity index (χ2n) is 4.43. The number of benzene rings is 1. The van der Waals surface area contributed by atoms with Crippen molar-refractivity contribution >= 4 is 49.7 Å². The Hall–Kier alpha value is -0.860. The number of nitrogens with one attached hydrogen (secondary N) is 1. The minimum absolute atomic E-state index is 0.108. The van der Waals surface area contributed by atoms with E-state index in [0.29, 0.717) is 21.3 Å². The third-order valence-electron chi connectivity index (χ3n) is 2.78. The minimum atomic E-state index is -3.71. The number of hydrogen-bond donors (Lipinski definition) is 2. The van der Waals surface area contributed by atoms with E-state index in [0.717, 1.165) is 11.3 Å². The Balaban J connectivity index is 2.30. The Bertz CT molecular complexity index is 775. The molecule has 0 aliphatic rings. The van der Waals surface area contributed by atoms with E-state index in [4.69, 9.17) is 28.9 Å². The van der Waals surface area contributed by atoms with Crippen LogP contribution in [0.2, 0.25) is 10.0 Å². The number of thiazole rings is 1. The highest BCUT2D eigenvalue weighted by Crippen LogP contribution is 2.29. The SMILES string of the molecule is Cc1nc(N)sc1S(=O)(=O)NC(C)c1ccc(Cl)cc1Cl. The molecule has 0 amide bonds. The van der Waals surface area contributed by atoms with E-state index in [2.05, 4.69) is 9.71 Å². The average molecular weight is 366 g/mol. The van der Waals surface area contributed by atoms with Crippen LogP contribution in [-0.2, 0) is 10.0 Å². The molecule has 2 aromatic rings. The van der Waals surface area contributed by atoms with Gasteiger partial charge in [0.05, 0.1) is 5.69 Å². The van der Waals surface area contributed by atoms with Crippen LogP contribution in [0.4, 0.5) is 5.13 Å². The number of rotatable bonds is 4. The molecular formula is C12H13Cl2N3O2S2. The Morgan fingerprint density at radius 2 is 2.05 bits per heavy atom. The maximum Gasteiger partial charge on any atom is 0.252 e. The van der Waals surface area contributed by atoms with Gasteiger partial charge in [0.15, 0.2) is 9.34 Å². The summed E-state index contributed by atoms with van der Waals surface area (Å²) in [7, 11) is -3.71. The molecule has 5 nitrogen and oxygen atoms in total. The first-order valence-electron chi connectivity index (χ1n) is 5.91. The van der Waals surface area contributed by atoms with Crippen molar-refractivity contribution in [2.45, 2.75) is 24.1 Å². The second kappa shape index (κ2) is 6.10. The molecule has 0 aliphatic carbocycles. The molecule has 0 aliphatic heterocycles. The smallest absolute Gasteiger partial charge is 0.252 e. The van der Waals surface area contributed by atoms with E-state index in [1.807, 2.05) is 0 Å². The van der Waals surface area contributed by atoms with Crippen molar-refractivity contribution in [3.63, 3.8) is 0 Å². The number of anilines is 1. The highest BCUT2D eigenvalue weighted by molar-refractivity contribution is 7.91. The highest BCUT2D eigenvalue weighted by atomic mass is 35.5. The van der Waals surface area contributed by atoms with Crippen LogP contribution in [0.25, 0.3) is 0 Å². The van der Waals surface area contributed by atoms with Gasteiger partial charge in [-0.25, -0.2) is 18.1 Å². The van der Waals surface area contributed by atoms with Crippen molar-refractivity contribution in [1.29, 1.82) is 0 Å².